The molecular weight excluding hydrogens is 196 g/mol. The molecule has 3 nitrogen and oxygen atoms in total. The standard InChI is InChI=1S/C6H8F4O3/c7-5(8,6(9,10)11)3-12-1-4-2-13-4/h4,11H,1-3H2. The Bertz CT molecular complexity index is 175. The van der Waals surface area contributed by atoms with Crippen LogP contribution in [-0.2, 0) is 9.47 Å². The van der Waals surface area contributed by atoms with Crippen LogP contribution < -0.4 is 0 Å². The Labute approximate surface area is 71.2 Å². The van der Waals surface area contributed by atoms with Crippen molar-refractivity contribution in [3.8, 4) is 0 Å². The normalized spacial score (nSPS) is 23.3. The largest absolute Gasteiger partial charge is 0.419 e. The lowest BCUT2D eigenvalue weighted by Gasteiger charge is -2.20. The summed E-state index contributed by atoms with van der Waals surface area (Å²) >= 11 is 0. The van der Waals surface area contributed by atoms with Gasteiger partial charge in [-0.3, -0.25) is 0 Å². The number of ether oxygens (including phenoxy) is 2. The van der Waals surface area contributed by atoms with Gasteiger partial charge >= 0.3 is 12.0 Å². The van der Waals surface area contributed by atoms with Gasteiger partial charge in [-0.05, 0) is 0 Å². The van der Waals surface area contributed by atoms with Gasteiger partial charge in [0.1, 0.15) is 12.7 Å². The predicted octanol–water partition coefficient (Wildman–Crippen LogP) is 0.622. The lowest BCUT2D eigenvalue weighted by atomic mass is 10.3. The van der Waals surface area contributed by atoms with Crippen LogP contribution in [0.1, 0.15) is 0 Å². The molecule has 7 heteroatoms. The summed E-state index contributed by atoms with van der Waals surface area (Å²) in [5.41, 5.74) is 0. The summed E-state index contributed by atoms with van der Waals surface area (Å²) in [4.78, 5) is 0. The minimum atomic E-state index is -5.04. The van der Waals surface area contributed by atoms with Crippen LogP contribution in [0.2, 0.25) is 0 Å². The third-order valence-corrected chi connectivity index (χ3v) is 1.43. The monoisotopic (exact) mass is 204 g/mol. The fourth-order valence-corrected chi connectivity index (χ4v) is 0.570. The lowest BCUT2D eigenvalue weighted by molar-refractivity contribution is -0.336. The molecule has 1 atom stereocenters. The summed E-state index contributed by atoms with van der Waals surface area (Å²) < 4.78 is 56.8. The third kappa shape index (κ3) is 3.09. The minimum absolute atomic E-state index is 0.161. The van der Waals surface area contributed by atoms with Gasteiger partial charge in [-0.15, -0.1) is 0 Å². The highest BCUT2D eigenvalue weighted by Crippen LogP contribution is 2.31. The number of halogens is 4. The molecule has 0 spiro atoms. The molecule has 0 saturated carbocycles. The molecule has 78 valence electrons. The number of epoxide rings is 1. The van der Waals surface area contributed by atoms with Crippen molar-refractivity contribution in [3.63, 3.8) is 0 Å². The molecule has 0 aliphatic carbocycles. The zero-order valence-corrected chi connectivity index (χ0v) is 6.47. The molecule has 0 amide bonds. The van der Waals surface area contributed by atoms with Crippen LogP contribution in [0.15, 0.2) is 0 Å². The van der Waals surface area contributed by atoms with Crippen LogP contribution in [0.3, 0.4) is 0 Å². The summed E-state index contributed by atoms with van der Waals surface area (Å²) in [6, 6.07) is 0. The topological polar surface area (TPSA) is 42.0 Å². The van der Waals surface area contributed by atoms with E-state index in [1.54, 1.807) is 0 Å². The SMILES string of the molecule is OC(F)(F)C(F)(F)COCC1CO1. The maximum absolute atomic E-state index is 12.2. The van der Waals surface area contributed by atoms with Gasteiger partial charge in [-0.1, -0.05) is 0 Å². The van der Waals surface area contributed by atoms with Crippen LogP contribution in [-0.4, -0.2) is 43.1 Å². The second-order valence-corrected chi connectivity index (χ2v) is 2.72. The Morgan fingerprint density at radius 1 is 1.38 bits per heavy atom. The summed E-state index contributed by atoms with van der Waals surface area (Å²) in [6.45, 7) is -1.29. The van der Waals surface area contributed by atoms with Crippen LogP contribution >= 0.6 is 0 Å². The first-order valence-electron chi connectivity index (χ1n) is 3.50. The molecular formula is C6H8F4O3. The highest BCUT2D eigenvalue weighted by atomic mass is 19.3. The molecule has 1 aliphatic rings. The van der Waals surface area contributed by atoms with Gasteiger partial charge in [0.2, 0.25) is 0 Å². The highest BCUT2D eigenvalue weighted by Gasteiger charge is 2.55. The maximum Gasteiger partial charge on any atom is 0.419 e. The molecule has 1 heterocycles. The Kier molecular flexibility index (Phi) is 2.79. The van der Waals surface area contributed by atoms with Gasteiger partial charge < -0.3 is 14.6 Å². The maximum atomic E-state index is 12.2. The zero-order valence-electron chi connectivity index (χ0n) is 6.47. The Morgan fingerprint density at radius 2 is 1.92 bits per heavy atom. The Morgan fingerprint density at radius 3 is 2.31 bits per heavy atom. The van der Waals surface area contributed by atoms with E-state index in [1.807, 2.05) is 0 Å². The van der Waals surface area contributed by atoms with E-state index in [0.29, 0.717) is 6.61 Å². The molecule has 1 rings (SSSR count). The van der Waals surface area contributed by atoms with Crippen LogP contribution in [0.4, 0.5) is 17.6 Å². The molecule has 13 heavy (non-hydrogen) atoms. The minimum Gasteiger partial charge on any atom is -0.372 e. The second-order valence-electron chi connectivity index (χ2n) is 2.72. The number of aliphatic hydroxyl groups is 1. The van der Waals surface area contributed by atoms with Gasteiger partial charge in [0.15, 0.2) is 0 Å². The third-order valence-electron chi connectivity index (χ3n) is 1.43. The molecule has 0 aromatic heterocycles. The predicted molar refractivity (Wildman–Crippen MR) is 32.7 cm³/mol. The van der Waals surface area contributed by atoms with E-state index in [0.717, 1.165) is 0 Å². The lowest BCUT2D eigenvalue weighted by Crippen LogP contribution is -2.44. The fourth-order valence-electron chi connectivity index (χ4n) is 0.570. The summed E-state index contributed by atoms with van der Waals surface area (Å²) in [5, 5.41) is 7.73. The van der Waals surface area contributed by atoms with Crippen LogP contribution in [0.5, 0.6) is 0 Å². The summed E-state index contributed by atoms with van der Waals surface area (Å²) in [6.07, 6.45) is -5.32. The number of hydrogen-bond donors (Lipinski definition) is 1. The van der Waals surface area contributed by atoms with E-state index < -0.39 is 18.6 Å². The van der Waals surface area contributed by atoms with E-state index in [4.69, 9.17) is 5.11 Å². The zero-order chi connectivity index (χ0) is 10.1. The van der Waals surface area contributed by atoms with Crippen molar-refractivity contribution in [2.75, 3.05) is 19.8 Å². The van der Waals surface area contributed by atoms with Crippen molar-refractivity contribution < 1.29 is 32.1 Å². The molecule has 0 radical (unpaired) electrons. The molecule has 1 aliphatic heterocycles. The van der Waals surface area contributed by atoms with Crippen LogP contribution in [0, 0.1) is 0 Å². The first kappa shape index (κ1) is 10.7. The van der Waals surface area contributed by atoms with Gasteiger partial charge in [-0.25, -0.2) is 0 Å². The Hall–Kier alpha value is -0.400. The summed E-state index contributed by atoms with van der Waals surface area (Å²) in [5.74, 6) is -4.55. The van der Waals surface area contributed by atoms with Crippen LogP contribution in [0.25, 0.3) is 0 Å². The second kappa shape index (κ2) is 3.39. The van der Waals surface area contributed by atoms with Gasteiger partial charge in [-0.2, -0.15) is 17.6 Å². The highest BCUT2D eigenvalue weighted by molar-refractivity contribution is 4.75. The molecule has 1 N–H and O–H groups in total. The molecule has 0 aromatic rings. The quantitative estimate of drug-likeness (QED) is 0.527. The first-order chi connectivity index (χ1) is 5.83. The van der Waals surface area contributed by atoms with E-state index in [-0.39, 0.29) is 12.7 Å². The smallest absolute Gasteiger partial charge is 0.372 e. The number of alkyl halides is 4. The van der Waals surface area contributed by atoms with Crippen molar-refractivity contribution >= 4 is 0 Å². The van der Waals surface area contributed by atoms with Crippen molar-refractivity contribution in [2.45, 2.75) is 18.1 Å². The van der Waals surface area contributed by atoms with Gasteiger partial charge in [0, 0.05) is 0 Å². The van der Waals surface area contributed by atoms with Crippen molar-refractivity contribution in [1.82, 2.24) is 0 Å². The molecule has 0 bridgehead atoms. The van der Waals surface area contributed by atoms with Gasteiger partial charge in [0.05, 0.1) is 13.2 Å². The van der Waals surface area contributed by atoms with E-state index >= 15 is 0 Å². The average Bonchev–Trinajstić information content (AvgIpc) is 2.68. The molecule has 0 aromatic carbocycles. The first-order valence-corrected chi connectivity index (χ1v) is 3.50. The molecule has 1 saturated heterocycles. The average molecular weight is 204 g/mol. The van der Waals surface area contributed by atoms with Gasteiger partial charge in [0.25, 0.3) is 0 Å². The van der Waals surface area contributed by atoms with Crippen molar-refractivity contribution in [3.05, 3.63) is 0 Å². The Balaban J connectivity index is 2.23. The van der Waals surface area contributed by atoms with Crippen molar-refractivity contribution in [2.24, 2.45) is 0 Å². The van der Waals surface area contributed by atoms with E-state index in [1.165, 1.54) is 0 Å². The number of hydrogen-bond acceptors (Lipinski definition) is 3. The molecule has 1 unspecified atom stereocenters. The van der Waals surface area contributed by atoms with E-state index in [9.17, 15) is 17.6 Å². The van der Waals surface area contributed by atoms with E-state index in [2.05, 4.69) is 9.47 Å². The fraction of sp³-hybridized carbons (Fsp3) is 1.00. The summed E-state index contributed by atoms with van der Waals surface area (Å²) in [7, 11) is 0. The number of rotatable bonds is 5. The van der Waals surface area contributed by atoms with Crippen molar-refractivity contribution in [1.29, 1.82) is 0 Å². The molecule has 1 fully saturated rings.